The van der Waals surface area contributed by atoms with Crippen molar-refractivity contribution >= 4 is 11.3 Å². The standard InChI is InChI=1S/C11H11NO/c1-8(2)10-4-6-11(7-5-10)9(3)12-13/h4-7H,1,3H2,2H3. The van der Waals surface area contributed by atoms with Gasteiger partial charge in [0.1, 0.15) is 5.70 Å². The molecule has 0 saturated carbocycles. The van der Waals surface area contributed by atoms with Gasteiger partial charge in [0, 0.05) is 5.56 Å². The van der Waals surface area contributed by atoms with Gasteiger partial charge in [-0.05, 0) is 17.7 Å². The zero-order valence-electron chi connectivity index (χ0n) is 7.58. The second-order valence-corrected chi connectivity index (χ2v) is 2.90. The summed E-state index contributed by atoms with van der Waals surface area (Å²) in [6.07, 6.45) is 0. The van der Waals surface area contributed by atoms with Crippen LogP contribution in [0.15, 0.2) is 42.6 Å². The van der Waals surface area contributed by atoms with Crippen LogP contribution in [0.25, 0.3) is 11.3 Å². The van der Waals surface area contributed by atoms with Crippen molar-refractivity contribution in [2.24, 2.45) is 5.18 Å². The second-order valence-electron chi connectivity index (χ2n) is 2.90. The first-order chi connectivity index (χ1) is 6.15. The van der Waals surface area contributed by atoms with Crippen molar-refractivity contribution in [1.29, 1.82) is 0 Å². The Morgan fingerprint density at radius 3 is 2.00 bits per heavy atom. The second kappa shape index (κ2) is 3.81. The maximum absolute atomic E-state index is 10.2. The molecule has 0 N–H and O–H groups in total. The molecule has 2 nitrogen and oxygen atoms in total. The summed E-state index contributed by atoms with van der Waals surface area (Å²) in [6.45, 7) is 9.26. The van der Waals surface area contributed by atoms with Gasteiger partial charge in [0.2, 0.25) is 0 Å². The number of benzene rings is 1. The molecule has 13 heavy (non-hydrogen) atoms. The molecule has 0 atom stereocenters. The minimum absolute atomic E-state index is 0.258. The van der Waals surface area contributed by atoms with Gasteiger partial charge in [-0.3, -0.25) is 0 Å². The number of allylic oxidation sites excluding steroid dienone is 1. The third kappa shape index (κ3) is 2.12. The first kappa shape index (κ1) is 9.39. The monoisotopic (exact) mass is 173 g/mol. The molecule has 0 heterocycles. The first-order valence-electron chi connectivity index (χ1n) is 3.93. The molecule has 0 bridgehead atoms. The highest BCUT2D eigenvalue weighted by Gasteiger charge is 1.98. The fourth-order valence-electron chi connectivity index (χ4n) is 1.000. The Labute approximate surface area is 77.6 Å². The number of rotatable bonds is 3. The third-order valence-electron chi connectivity index (χ3n) is 1.82. The SMILES string of the molecule is C=C(C)c1ccc(C(=C)N=O)cc1. The van der Waals surface area contributed by atoms with E-state index in [0.29, 0.717) is 0 Å². The molecule has 0 amide bonds. The van der Waals surface area contributed by atoms with Gasteiger partial charge in [0.05, 0.1) is 0 Å². The molecule has 0 aliphatic carbocycles. The third-order valence-corrected chi connectivity index (χ3v) is 1.82. The van der Waals surface area contributed by atoms with E-state index in [-0.39, 0.29) is 5.70 Å². The lowest BCUT2D eigenvalue weighted by Gasteiger charge is -2.00. The van der Waals surface area contributed by atoms with Crippen LogP contribution in [0.1, 0.15) is 18.1 Å². The van der Waals surface area contributed by atoms with Crippen molar-refractivity contribution in [3.8, 4) is 0 Å². The average Bonchev–Trinajstić information content (AvgIpc) is 2.17. The molecule has 0 aromatic heterocycles. The summed E-state index contributed by atoms with van der Waals surface area (Å²) in [7, 11) is 0. The Morgan fingerprint density at radius 2 is 1.62 bits per heavy atom. The maximum atomic E-state index is 10.2. The zero-order chi connectivity index (χ0) is 9.84. The Bertz CT molecular complexity index is 349. The van der Waals surface area contributed by atoms with Crippen molar-refractivity contribution in [1.82, 2.24) is 0 Å². The lowest BCUT2D eigenvalue weighted by molar-refractivity contribution is 1.48. The molecule has 2 heteroatoms. The van der Waals surface area contributed by atoms with Gasteiger partial charge >= 0.3 is 0 Å². The van der Waals surface area contributed by atoms with Crippen LogP contribution in [0.5, 0.6) is 0 Å². The van der Waals surface area contributed by atoms with Gasteiger partial charge < -0.3 is 0 Å². The summed E-state index contributed by atoms with van der Waals surface area (Å²) < 4.78 is 0. The van der Waals surface area contributed by atoms with Crippen LogP contribution in [0, 0.1) is 4.91 Å². The summed E-state index contributed by atoms with van der Waals surface area (Å²) in [6, 6.07) is 7.42. The highest BCUT2D eigenvalue weighted by Crippen LogP contribution is 2.17. The number of hydrogen-bond acceptors (Lipinski definition) is 2. The topological polar surface area (TPSA) is 29.4 Å². The van der Waals surface area contributed by atoms with Crippen molar-refractivity contribution < 1.29 is 0 Å². The van der Waals surface area contributed by atoms with Crippen LogP contribution in [0.3, 0.4) is 0 Å². The summed E-state index contributed by atoms with van der Waals surface area (Å²) in [5.74, 6) is 0. The number of hydrogen-bond donors (Lipinski definition) is 0. The Balaban J connectivity index is 3.00. The van der Waals surface area contributed by atoms with E-state index in [1.807, 2.05) is 31.2 Å². The predicted octanol–water partition coefficient (Wildman–Crippen LogP) is 3.46. The molecule has 1 aromatic carbocycles. The van der Waals surface area contributed by atoms with Gasteiger partial charge in [0.15, 0.2) is 0 Å². The van der Waals surface area contributed by atoms with Crippen LogP contribution < -0.4 is 0 Å². The first-order valence-corrected chi connectivity index (χ1v) is 3.93. The molecule has 0 aliphatic heterocycles. The number of nitrogens with zero attached hydrogens (tertiary/aromatic N) is 1. The van der Waals surface area contributed by atoms with Crippen molar-refractivity contribution in [3.63, 3.8) is 0 Å². The van der Waals surface area contributed by atoms with E-state index in [2.05, 4.69) is 18.3 Å². The molecule has 0 radical (unpaired) electrons. The van der Waals surface area contributed by atoms with Gasteiger partial charge in [-0.15, -0.1) is 4.91 Å². The molecular formula is C11H11NO. The lowest BCUT2D eigenvalue weighted by atomic mass is 10.1. The molecule has 0 spiro atoms. The van der Waals surface area contributed by atoms with E-state index in [0.717, 1.165) is 16.7 Å². The average molecular weight is 173 g/mol. The fraction of sp³-hybridized carbons (Fsp3) is 0.0909. The zero-order valence-corrected chi connectivity index (χ0v) is 7.58. The number of nitroso groups, excluding NO2 is 1. The summed E-state index contributed by atoms with van der Waals surface area (Å²) >= 11 is 0. The summed E-state index contributed by atoms with van der Waals surface area (Å²) in [5, 5.41) is 2.77. The van der Waals surface area contributed by atoms with Gasteiger partial charge in [0.25, 0.3) is 0 Å². The molecule has 0 fully saturated rings. The predicted molar refractivity (Wildman–Crippen MR) is 56.0 cm³/mol. The van der Waals surface area contributed by atoms with Gasteiger partial charge in [-0.1, -0.05) is 43.0 Å². The lowest BCUT2D eigenvalue weighted by Crippen LogP contribution is -1.81. The minimum Gasteiger partial charge on any atom is -0.145 e. The molecule has 0 saturated heterocycles. The van der Waals surface area contributed by atoms with Crippen molar-refractivity contribution in [2.45, 2.75) is 6.92 Å². The van der Waals surface area contributed by atoms with Crippen LogP contribution >= 0.6 is 0 Å². The largest absolute Gasteiger partial charge is 0.145 e. The van der Waals surface area contributed by atoms with Gasteiger partial charge in [-0.25, -0.2) is 0 Å². The quantitative estimate of drug-likeness (QED) is 0.643. The summed E-state index contributed by atoms with van der Waals surface area (Å²) in [5.41, 5.74) is 3.06. The Kier molecular flexibility index (Phi) is 2.75. The molecular weight excluding hydrogens is 162 g/mol. The highest BCUT2D eigenvalue weighted by atomic mass is 16.3. The molecule has 66 valence electrons. The van der Waals surface area contributed by atoms with E-state index < -0.39 is 0 Å². The van der Waals surface area contributed by atoms with Crippen molar-refractivity contribution in [3.05, 3.63) is 53.5 Å². The molecule has 0 aliphatic rings. The van der Waals surface area contributed by atoms with E-state index in [1.54, 1.807) is 0 Å². The van der Waals surface area contributed by atoms with E-state index in [4.69, 9.17) is 0 Å². The van der Waals surface area contributed by atoms with E-state index in [1.165, 1.54) is 0 Å². The Hall–Kier alpha value is -1.70. The van der Waals surface area contributed by atoms with Crippen LogP contribution in [0.4, 0.5) is 0 Å². The molecule has 1 rings (SSSR count). The van der Waals surface area contributed by atoms with E-state index in [9.17, 15) is 4.91 Å². The Morgan fingerprint density at radius 1 is 1.15 bits per heavy atom. The fourth-order valence-corrected chi connectivity index (χ4v) is 1.000. The van der Waals surface area contributed by atoms with Gasteiger partial charge in [-0.2, -0.15) is 0 Å². The molecule has 1 aromatic rings. The maximum Gasteiger partial charge on any atom is 0.108 e. The van der Waals surface area contributed by atoms with Crippen LogP contribution in [0.2, 0.25) is 0 Å². The van der Waals surface area contributed by atoms with E-state index >= 15 is 0 Å². The smallest absolute Gasteiger partial charge is 0.108 e. The summed E-state index contributed by atoms with van der Waals surface area (Å²) in [4.78, 5) is 10.2. The minimum atomic E-state index is 0.258. The van der Waals surface area contributed by atoms with Crippen molar-refractivity contribution in [2.75, 3.05) is 0 Å². The molecule has 0 unspecified atom stereocenters. The van der Waals surface area contributed by atoms with Crippen LogP contribution in [-0.2, 0) is 0 Å². The highest BCUT2D eigenvalue weighted by molar-refractivity contribution is 5.67. The van der Waals surface area contributed by atoms with Crippen LogP contribution in [-0.4, -0.2) is 0 Å². The normalized spacial score (nSPS) is 9.31.